The zero-order chi connectivity index (χ0) is 18.0. The Kier molecular flexibility index (Phi) is 4.51. The molecule has 2 amide bonds. The number of imidazole rings is 1. The summed E-state index contributed by atoms with van der Waals surface area (Å²) in [5.74, 6) is -0.981. The zero-order valence-corrected chi connectivity index (χ0v) is 13.7. The summed E-state index contributed by atoms with van der Waals surface area (Å²) in [5, 5.41) is 13.9. The van der Waals surface area contributed by atoms with Crippen LogP contribution in [-0.4, -0.2) is 38.5 Å². The van der Waals surface area contributed by atoms with E-state index in [-0.39, 0.29) is 5.91 Å². The van der Waals surface area contributed by atoms with E-state index in [0.717, 1.165) is 25.2 Å². The van der Waals surface area contributed by atoms with Gasteiger partial charge in [-0.1, -0.05) is 0 Å². The molecule has 0 aliphatic carbocycles. The number of carboxylic acids is 1. The van der Waals surface area contributed by atoms with Crippen LogP contribution in [0.3, 0.4) is 0 Å². The average Bonchev–Trinajstić information content (AvgIpc) is 3.17. The molecule has 2 heterocycles. The molecule has 25 heavy (non-hydrogen) atoms. The predicted molar refractivity (Wildman–Crippen MR) is 89.5 cm³/mol. The fourth-order valence-corrected chi connectivity index (χ4v) is 2.61. The van der Waals surface area contributed by atoms with Crippen LogP contribution in [0.4, 0.5) is 5.69 Å². The van der Waals surface area contributed by atoms with Gasteiger partial charge >= 0.3 is 5.97 Å². The van der Waals surface area contributed by atoms with Crippen LogP contribution in [-0.2, 0) is 17.8 Å². The summed E-state index contributed by atoms with van der Waals surface area (Å²) >= 11 is 0. The lowest BCUT2D eigenvalue weighted by molar-refractivity contribution is -0.138. The molecule has 1 aliphatic rings. The summed E-state index contributed by atoms with van der Waals surface area (Å²) in [6.07, 6.45) is 3.67. The summed E-state index contributed by atoms with van der Waals surface area (Å²) in [6, 6.07) is 5.23. The largest absolute Gasteiger partial charge is 0.480 e. The first-order valence-corrected chi connectivity index (χ1v) is 7.95. The number of carbonyl (C=O) groups excluding carboxylic acids is 2. The van der Waals surface area contributed by atoms with Gasteiger partial charge in [-0.05, 0) is 37.6 Å². The number of rotatable bonds is 5. The Balaban J connectivity index is 1.63. The molecule has 1 atom stereocenters. The summed E-state index contributed by atoms with van der Waals surface area (Å²) in [6.45, 7) is 2.27. The van der Waals surface area contributed by atoms with E-state index in [2.05, 4.69) is 15.6 Å². The Morgan fingerprint density at radius 2 is 1.92 bits per heavy atom. The summed E-state index contributed by atoms with van der Waals surface area (Å²) < 4.78 is 1.98. The third-order valence-electron chi connectivity index (χ3n) is 4.01. The fourth-order valence-electron chi connectivity index (χ4n) is 2.61. The van der Waals surface area contributed by atoms with Gasteiger partial charge in [0.2, 0.25) is 0 Å². The number of aliphatic carboxylic acids is 1. The molecule has 0 fully saturated rings. The van der Waals surface area contributed by atoms with Crippen molar-refractivity contribution in [1.82, 2.24) is 14.9 Å². The minimum Gasteiger partial charge on any atom is -0.480 e. The molecule has 1 aliphatic heterocycles. The van der Waals surface area contributed by atoms with Crippen LogP contribution in [0.15, 0.2) is 30.5 Å². The highest BCUT2D eigenvalue weighted by molar-refractivity contribution is 6.03. The smallest absolute Gasteiger partial charge is 0.325 e. The van der Waals surface area contributed by atoms with Crippen molar-refractivity contribution in [3.63, 3.8) is 0 Å². The minimum atomic E-state index is -1.11. The number of carbonyl (C=O) groups is 3. The highest BCUT2D eigenvalue weighted by Crippen LogP contribution is 2.16. The van der Waals surface area contributed by atoms with Crippen LogP contribution in [0.1, 0.15) is 40.0 Å². The van der Waals surface area contributed by atoms with E-state index in [1.54, 1.807) is 18.3 Å². The molecule has 1 aromatic carbocycles. The normalized spacial score (nSPS) is 13.8. The van der Waals surface area contributed by atoms with Crippen molar-refractivity contribution in [2.75, 3.05) is 5.32 Å². The van der Waals surface area contributed by atoms with Crippen LogP contribution in [0.2, 0.25) is 0 Å². The quantitative estimate of drug-likeness (QED) is 0.757. The number of nitrogens with one attached hydrogen (secondary N) is 2. The Morgan fingerprint density at radius 3 is 2.56 bits per heavy atom. The lowest BCUT2D eigenvalue weighted by Crippen LogP contribution is -2.38. The van der Waals surface area contributed by atoms with Gasteiger partial charge in [0.1, 0.15) is 17.6 Å². The van der Waals surface area contributed by atoms with Crippen molar-refractivity contribution in [1.29, 1.82) is 0 Å². The molecule has 0 saturated carbocycles. The minimum absolute atomic E-state index is 0.307. The fraction of sp³-hybridized carbons (Fsp3) is 0.294. The topological polar surface area (TPSA) is 113 Å². The van der Waals surface area contributed by atoms with Crippen LogP contribution >= 0.6 is 0 Å². The molecule has 2 aromatic rings. The number of fused-ring (bicyclic) bond motifs is 1. The molecule has 3 rings (SSSR count). The van der Waals surface area contributed by atoms with Gasteiger partial charge in [-0.25, -0.2) is 4.98 Å². The van der Waals surface area contributed by atoms with Crippen molar-refractivity contribution >= 4 is 23.5 Å². The maximum absolute atomic E-state index is 12.2. The van der Waals surface area contributed by atoms with Gasteiger partial charge in [-0.2, -0.15) is 0 Å². The number of hydrogen-bond acceptors (Lipinski definition) is 4. The third kappa shape index (κ3) is 3.68. The molecule has 3 N–H and O–H groups in total. The van der Waals surface area contributed by atoms with Crippen molar-refractivity contribution in [2.45, 2.75) is 32.4 Å². The second-order valence-electron chi connectivity index (χ2n) is 5.90. The standard InChI is InChI=1S/C17H18N4O4/c1-10(17(24)25)18-15(22)11-4-6-12(7-5-11)19-16(23)13-9-21-8-2-3-14(21)20-13/h4-7,9-10H,2-3,8H2,1H3,(H,18,22)(H,19,23)(H,24,25). The number of amides is 2. The van der Waals surface area contributed by atoms with Gasteiger partial charge < -0.3 is 20.3 Å². The Labute approximate surface area is 143 Å². The monoisotopic (exact) mass is 342 g/mol. The molecular weight excluding hydrogens is 324 g/mol. The van der Waals surface area contributed by atoms with Gasteiger partial charge in [-0.15, -0.1) is 0 Å². The molecule has 1 aromatic heterocycles. The highest BCUT2D eigenvalue weighted by Gasteiger charge is 2.18. The Bertz CT molecular complexity index is 804. The average molecular weight is 342 g/mol. The first-order valence-electron chi connectivity index (χ1n) is 7.95. The van der Waals surface area contributed by atoms with E-state index in [1.807, 2.05) is 4.57 Å². The third-order valence-corrected chi connectivity index (χ3v) is 4.01. The Hall–Kier alpha value is -3.16. The van der Waals surface area contributed by atoms with Gasteiger partial charge in [0.25, 0.3) is 11.8 Å². The van der Waals surface area contributed by atoms with Crippen LogP contribution in [0.25, 0.3) is 0 Å². The molecule has 0 radical (unpaired) electrons. The number of carboxylic acid groups (broad SMARTS) is 1. The lowest BCUT2D eigenvalue weighted by atomic mass is 10.2. The molecular formula is C17H18N4O4. The van der Waals surface area contributed by atoms with Crippen molar-refractivity contribution in [3.05, 3.63) is 47.5 Å². The van der Waals surface area contributed by atoms with E-state index in [0.29, 0.717) is 16.9 Å². The first kappa shape index (κ1) is 16.7. The van der Waals surface area contributed by atoms with Crippen LogP contribution in [0, 0.1) is 0 Å². The molecule has 1 unspecified atom stereocenters. The van der Waals surface area contributed by atoms with Gasteiger partial charge in [0.05, 0.1) is 0 Å². The first-order chi connectivity index (χ1) is 11.9. The van der Waals surface area contributed by atoms with Gasteiger partial charge in [0, 0.05) is 30.4 Å². The van der Waals surface area contributed by atoms with Crippen LogP contribution < -0.4 is 10.6 Å². The molecule has 8 nitrogen and oxygen atoms in total. The molecule has 0 saturated heterocycles. The highest BCUT2D eigenvalue weighted by atomic mass is 16.4. The summed E-state index contributed by atoms with van der Waals surface area (Å²) in [5.41, 5.74) is 1.21. The van der Waals surface area contributed by atoms with E-state index >= 15 is 0 Å². The number of anilines is 1. The van der Waals surface area contributed by atoms with Crippen molar-refractivity contribution < 1.29 is 19.5 Å². The van der Waals surface area contributed by atoms with Gasteiger partial charge in [-0.3, -0.25) is 14.4 Å². The number of nitrogens with zero attached hydrogens (tertiary/aromatic N) is 2. The van der Waals surface area contributed by atoms with Crippen molar-refractivity contribution in [2.24, 2.45) is 0 Å². The second kappa shape index (κ2) is 6.76. The molecule has 8 heteroatoms. The van der Waals surface area contributed by atoms with Crippen molar-refractivity contribution in [3.8, 4) is 0 Å². The summed E-state index contributed by atoms with van der Waals surface area (Å²) in [4.78, 5) is 39.2. The van der Waals surface area contributed by atoms with Gasteiger partial charge in [0.15, 0.2) is 0 Å². The van der Waals surface area contributed by atoms with E-state index < -0.39 is 17.9 Å². The number of aryl methyl sites for hydroxylation is 2. The molecule has 0 bridgehead atoms. The van der Waals surface area contributed by atoms with E-state index in [1.165, 1.54) is 19.1 Å². The molecule has 130 valence electrons. The SMILES string of the molecule is CC(NC(=O)c1ccc(NC(=O)c2cn3c(n2)CCC3)cc1)C(=O)O. The number of hydrogen-bond donors (Lipinski definition) is 3. The molecule has 0 spiro atoms. The summed E-state index contributed by atoms with van der Waals surface area (Å²) in [7, 11) is 0. The zero-order valence-electron chi connectivity index (χ0n) is 13.7. The lowest BCUT2D eigenvalue weighted by Gasteiger charge is -2.10. The van der Waals surface area contributed by atoms with E-state index in [4.69, 9.17) is 5.11 Å². The Morgan fingerprint density at radius 1 is 1.20 bits per heavy atom. The maximum atomic E-state index is 12.2. The number of aromatic nitrogens is 2. The number of benzene rings is 1. The van der Waals surface area contributed by atoms with E-state index in [9.17, 15) is 14.4 Å². The van der Waals surface area contributed by atoms with Crippen LogP contribution in [0.5, 0.6) is 0 Å². The predicted octanol–water partition coefficient (Wildman–Crippen LogP) is 1.28. The second-order valence-corrected chi connectivity index (χ2v) is 5.90. The maximum Gasteiger partial charge on any atom is 0.325 e.